The minimum atomic E-state index is -0.600. The van der Waals surface area contributed by atoms with E-state index in [0.717, 1.165) is 24.9 Å². The summed E-state index contributed by atoms with van der Waals surface area (Å²) in [7, 11) is 0. The number of hydrogen-bond donors (Lipinski definition) is 1. The molecule has 1 N–H and O–H groups in total. The van der Waals surface area contributed by atoms with Crippen molar-refractivity contribution in [3.63, 3.8) is 0 Å². The van der Waals surface area contributed by atoms with Gasteiger partial charge in [-0.15, -0.1) is 0 Å². The van der Waals surface area contributed by atoms with Gasteiger partial charge in [0.25, 0.3) is 0 Å². The van der Waals surface area contributed by atoms with Crippen molar-refractivity contribution in [1.82, 2.24) is 4.90 Å². The fourth-order valence-electron chi connectivity index (χ4n) is 4.03. The highest BCUT2D eigenvalue weighted by Gasteiger charge is 2.40. The Morgan fingerprint density at radius 2 is 1.75 bits per heavy atom. The summed E-state index contributed by atoms with van der Waals surface area (Å²) < 4.78 is 0. The lowest BCUT2D eigenvalue weighted by atomic mass is 9.71. The molecule has 110 valence electrons. The fourth-order valence-corrected chi connectivity index (χ4v) is 4.03. The standard InChI is InChI=1S/C18H27NO/c20-18(16-9-3-1-4-10-16)12-6-5-11-17(18)15-19-13-7-2-8-14-19/h1,3-4,9-10,17,20H,2,5-8,11-15H2. The molecule has 2 unspecified atom stereocenters. The number of benzene rings is 1. The van der Waals surface area contributed by atoms with Crippen LogP contribution in [0, 0.1) is 5.92 Å². The molecule has 0 amide bonds. The predicted molar refractivity (Wildman–Crippen MR) is 82.6 cm³/mol. The zero-order valence-corrected chi connectivity index (χ0v) is 12.4. The van der Waals surface area contributed by atoms with Crippen molar-refractivity contribution < 1.29 is 5.11 Å². The first-order valence-electron chi connectivity index (χ1n) is 8.29. The van der Waals surface area contributed by atoms with Crippen LogP contribution in [0.2, 0.25) is 0 Å². The predicted octanol–water partition coefficient (Wildman–Crippen LogP) is 3.55. The van der Waals surface area contributed by atoms with Crippen molar-refractivity contribution in [2.45, 2.75) is 50.5 Å². The van der Waals surface area contributed by atoms with Gasteiger partial charge in [-0.3, -0.25) is 0 Å². The average molecular weight is 273 g/mol. The van der Waals surface area contributed by atoms with E-state index in [-0.39, 0.29) is 0 Å². The normalized spacial score (nSPS) is 32.1. The van der Waals surface area contributed by atoms with E-state index < -0.39 is 5.60 Å². The molecule has 1 aromatic rings. The quantitative estimate of drug-likeness (QED) is 0.910. The van der Waals surface area contributed by atoms with Crippen molar-refractivity contribution in [1.29, 1.82) is 0 Å². The molecule has 1 aliphatic carbocycles. The lowest BCUT2D eigenvalue weighted by Gasteiger charge is -2.43. The molecule has 0 spiro atoms. The van der Waals surface area contributed by atoms with Crippen LogP contribution in [0.25, 0.3) is 0 Å². The Morgan fingerprint density at radius 3 is 2.50 bits per heavy atom. The van der Waals surface area contributed by atoms with E-state index in [1.54, 1.807) is 0 Å². The molecular weight excluding hydrogens is 246 g/mol. The Morgan fingerprint density at radius 1 is 1.00 bits per heavy atom. The molecule has 1 aromatic carbocycles. The van der Waals surface area contributed by atoms with Crippen LogP contribution in [0.3, 0.4) is 0 Å². The van der Waals surface area contributed by atoms with E-state index >= 15 is 0 Å². The van der Waals surface area contributed by atoms with E-state index in [0.29, 0.717) is 5.92 Å². The number of likely N-dealkylation sites (tertiary alicyclic amines) is 1. The second kappa shape index (κ2) is 6.28. The third-order valence-corrected chi connectivity index (χ3v) is 5.24. The van der Waals surface area contributed by atoms with E-state index in [1.165, 1.54) is 45.2 Å². The summed E-state index contributed by atoms with van der Waals surface area (Å²) in [4.78, 5) is 2.58. The Kier molecular flexibility index (Phi) is 4.42. The molecule has 1 saturated heterocycles. The van der Waals surface area contributed by atoms with Gasteiger partial charge in [-0.05, 0) is 44.3 Å². The summed E-state index contributed by atoms with van der Waals surface area (Å²) in [5, 5.41) is 11.3. The molecule has 2 heteroatoms. The topological polar surface area (TPSA) is 23.5 Å². The maximum Gasteiger partial charge on any atom is 0.0936 e. The third-order valence-electron chi connectivity index (χ3n) is 5.24. The second-order valence-electron chi connectivity index (χ2n) is 6.59. The minimum absolute atomic E-state index is 0.400. The van der Waals surface area contributed by atoms with Crippen molar-refractivity contribution in [3.05, 3.63) is 35.9 Å². The summed E-state index contributed by atoms with van der Waals surface area (Å²) in [6.45, 7) is 3.52. The van der Waals surface area contributed by atoms with Gasteiger partial charge >= 0.3 is 0 Å². The Balaban J connectivity index is 1.76. The highest BCUT2D eigenvalue weighted by Crippen LogP contribution is 2.42. The van der Waals surface area contributed by atoms with Crippen LogP contribution in [0.1, 0.15) is 50.5 Å². The molecule has 2 atom stereocenters. The summed E-state index contributed by atoms with van der Waals surface area (Å²) >= 11 is 0. The van der Waals surface area contributed by atoms with Gasteiger partial charge in [-0.25, -0.2) is 0 Å². The molecule has 0 bridgehead atoms. The van der Waals surface area contributed by atoms with Crippen LogP contribution >= 0.6 is 0 Å². The highest BCUT2D eigenvalue weighted by molar-refractivity contribution is 5.24. The summed E-state index contributed by atoms with van der Waals surface area (Å²) in [6.07, 6.45) is 8.56. The van der Waals surface area contributed by atoms with E-state index in [2.05, 4.69) is 29.2 Å². The monoisotopic (exact) mass is 273 g/mol. The lowest BCUT2D eigenvalue weighted by molar-refractivity contribution is -0.0669. The molecule has 2 fully saturated rings. The van der Waals surface area contributed by atoms with E-state index in [9.17, 15) is 5.11 Å². The first-order chi connectivity index (χ1) is 9.79. The molecule has 1 saturated carbocycles. The number of rotatable bonds is 3. The molecule has 0 aromatic heterocycles. The Labute approximate surface area is 122 Å². The van der Waals surface area contributed by atoms with Crippen LogP contribution in [-0.2, 0) is 5.60 Å². The maximum atomic E-state index is 11.3. The average Bonchev–Trinajstić information content (AvgIpc) is 2.52. The van der Waals surface area contributed by atoms with Crippen molar-refractivity contribution in [3.8, 4) is 0 Å². The summed E-state index contributed by atoms with van der Waals surface area (Å²) in [6, 6.07) is 10.4. The van der Waals surface area contributed by atoms with Crippen LogP contribution in [0.4, 0.5) is 0 Å². The molecule has 3 rings (SSSR count). The van der Waals surface area contributed by atoms with E-state index in [4.69, 9.17) is 0 Å². The van der Waals surface area contributed by atoms with Crippen molar-refractivity contribution in [2.75, 3.05) is 19.6 Å². The maximum absolute atomic E-state index is 11.3. The van der Waals surface area contributed by atoms with Gasteiger partial charge in [0.05, 0.1) is 5.60 Å². The van der Waals surface area contributed by atoms with Crippen molar-refractivity contribution in [2.24, 2.45) is 5.92 Å². The van der Waals surface area contributed by atoms with Crippen molar-refractivity contribution >= 4 is 0 Å². The van der Waals surface area contributed by atoms with Crippen LogP contribution in [-0.4, -0.2) is 29.6 Å². The molecule has 20 heavy (non-hydrogen) atoms. The largest absolute Gasteiger partial charge is 0.385 e. The molecule has 2 aliphatic rings. The molecule has 0 radical (unpaired) electrons. The Bertz CT molecular complexity index is 413. The van der Waals surface area contributed by atoms with Gasteiger partial charge in [-0.1, -0.05) is 49.6 Å². The second-order valence-corrected chi connectivity index (χ2v) is 6.59. The van der Waals surface area contributed by atoms with Gasteiger partial charge in [0.15, 0.2) is 0 Å². The summed E-state index contributed by atoms with van der Waals surface area (Å²) in [5.41, 5.74) is 0.526. The summed E-state index contributed by atoms with van der Waals surface area (Å²) in [5.74, 6) is 0.400. The highest BCUT2D eigenvalue weighted by atomic mass is 16.3. The van der Waals surface area contributed by atoms with Gasteiger partial charge in [0.2, 0.25) is 0 Å². The molecule has 1 aliphatic heterocycles. The third kappa shape index (κ3) is 2.91. The van der Waals surface area contributed by atoms with Gasteiger partial charge < -0.3 is 10.0 Å². The molecular formula is C18H27NO. The molecule has 1 heterocycles. The minimum Gasteiger partial charge on any atom is -0.385 e. The number of hydrogen-bond acceptors (Lipinski definition) is 2. The fraction of sp³-hybridized carbons (Fsp3) is 0.667. The number of nitrogens with zero attached hydrogens (tertiary/aromatic N) is 1. The number of aliphatic hydroxyl groups is 1. The van der Waals surface area contributed by atoms with Crippen LogP contribution < -0.4 is 0 Å². The zero-order valence-electron chi connectivity index (χ0n) is 12.4. The van der Waals surface area contributed by atoms with Crippen LogP contribution in [0.15, 0.2) is 30.3 Å². The SMILES string of the molecule is OC1(c2ccccc2)CCCCC1CN1CCCCC1. The van der Waals surface area contributed by atoms with Gasteiger partial charge in [0.1, 0.15) is 0 Å². The van der Waals surface area contributed by atoms with Gasteiger partial charge in [-0.2, -0.15) is 0 Å². The zero-order chi connectivity index (χ0) is 13.8. The van der Waals surface area contributed by atoms with E-state index in [1.807, 2.05) is 6.07 Å². The first kappa shape index (κ1) is 14.1. The smallest absolute Gasteiger partial charge is 0.0936 e. The van der Waals surface area contributed by atoms with Crippen LogP contribution in [0.5, 0.6) is 0 Å². The number of piperidine rings is 1. The van der Waals surface area contributed by atoms with Gasteiger partial charge in [0, 0.05) is 12.5 Å². The Hall–Kier alpha value is -0.860. The first-order valence-corrected chi connectivity index (χ1v) is 8.29. The lowest BCUT2D eigenvalue weighted by Crippen LogP contribution is -2.45. The molecule has 2 nitrogen and oxygen atoms in total.